The Hall–Kier alpha value is -2.10. The molecule has 2 N–H and O–H groups in total. The number of hydrogen-bond donors (Lipinski definition) is 2. The Kier molecular flexibility index (Phi) is 3.23. The van der Waals surface area contributed by atoms with Gasteiger partial charge < -0.3 is 10.6 Å². The molecule has 88 valence electrons. The van der Waals surface area contributed by atoms with Gasteiger partial charge in [0.2, 0.25) is 0 Å². The number of carbonyl (C=O) groups is 2. The molecular formula is C13H14N2O2. The van der Waals surface area contributed by atoms with Gasteiger partial charge in [-0.2, -0.15) is 0 Å². The molecule has 4 heteroatoms. The first kappa shape index (κ1) is 11.4. The highest BCUT2D eigenvalue weighted by Crippen LogP contribution is 2.05. The third-order valence-corrected chi connectivity index (χ3v) is 2.55. The molecule has 1 aromatic rings. The van der Waals surface area contributed by atoms with Gasteiger partial charge in [0, 0.05) is 24.2 Å². The molecule has 1 aliphatic rings. The lowest BCUT2D eigenvalue weighted by Crippen LogP contribution is -2.49. The zero-order valence-corrected chi connectivity index (χ0v) is 9.57. The number of carbonyl (C=O) groups excluding carboxylic acids is 2. The molecule has 1 amide bonds. The lowest BCUT2D eigenvalue weighted by atomic mass is 10.1. The number of benzene rings is 1. The van der Waals surface area contributed by atoms with Gasteiger partial charge in [-0.15, -0.1) is 0 Å². The summed E-state index contributed by atoms with van der Waals surface area (Å²) in [5, 5.41) is 5.71. The Morgan fingerprint density at radius 2 is 2.06 bits per heavy atom. The normalized spacial score (nSPS) is 21.8. The summed E-state index contributed by atoms with van der Waals surface area (Å²) in [4.78, 5) is 23.4. The number of rotatable bonds is 2. The number of ketones is 1. The fourth-order valence-corrected chi connectivity index (χ4v) is 1.63. The highest BCUT2D eigenvalue weighted by atomic mass is 16.2. The maximum absolute atomic E-state index is 11.8. The summed E-state index contributed by atoms with van der Waals surface area (Å²) in [6.45, 7) is 2.54. The van der Waals surface area contributed by atoms with Crippen LogP contribution in [0.4, 0.5) is 0 Å². The Labute approximate surface area is 99.7 Å². The molecule has 0 radical (unpaired) electrons. The summed E-state index contributed by atoms with van der Waals surface area (Å²) in [7, 11) is 0. The molecule has 0 aliphatic carbocycles. The van der Waals surface area contributed by atoms with Gasteiger partial charge in [-0.1, -0.05) is 30.3 Å². The van der Waals surface area contributed by atoms with E-state index >= 15 is 0 Å². The molecule has 1 atom stereocenters. The van der Waals surface area contributed by atoms with Crippen LogP contribution in [0.15, 0.2) is 42.1 Å². The zero-order chi connectivity index (χ0) is 12.3. The first-order chi connectivity index (χ1) is 8.16. The summed E-state index contributed by atoms with van der Waals surface area (Å²) in [6.07, 6.45) is 1.34. The van der Waals surface area contributed by atoms with E-state index in [0.29, 0.717) is 17.8 Å². The van der Waals surface area contributed by atoms with Gasteiger partial charge in [0.15, 0.2) is 5.78 Å². The van der Waals surface area contributed by atoms with Crippen LogP contribution in [0.2, 0.25) is 0 Å². The summed E-state index contributed by atoms with van der Waals surface area (Å²) in [6, 6.07) is 8.97. The number of nitrogens with one attached hydrogen (secondary N) is 2. The average molecular weight is 230 g/mol. The van der Waals surface area contributed by atoms with Crippen LogP contribution in [-0.4, -0.2) is 24.3 Å². The minimum Gasteiger partial charge on any atom is -0.378 e. The van der Waals surface area contributed by atoms with Crippen molar-refractivity contribution < 1.29 is 9.59 Å². The topological polar surface area (TPSA) is 58.2 Å². The minimum absolute atomic E-state index is 0.0893. The molecule has 1 heterocycles. The standard InChI is InChI=1S/C13H14N2O2/c1-9-8-14-11(13(17)15-9)7-12(16)10-5-3-2-4-6-10/h2-7,9,14H,8H2,1H3,(H,15,17)/b11-7-. The summed E-state index contributed by atoms with van der Waals surface area (Å²) >= 11 is 0. The Bertz CT molecular complexity index is 466. The van der Waals surface area contributed by atoms with Gasteiger partial charge in [0.05, 0.1) is 0 Å². The molecular weight excluding hydrogens is 216 g/mol. The van der Waals surface area contributed by atoms with Gasteiger partial charge >= 0.3 is 0 Å². The number of piperazine rings is 1. The van der Waals surface area contributed by atoms with Crippen molar-refractivity contribution in [3.05, 3.63) is 47.7 Å². The SMILES string of the molecule is CC1CN/C(=C\C(=O)c2ccccc2)C(=O)N1. The highest BCUT2D eigenvalue weighted by molar-refractivity contribution is 6.09. The van der Waals surface area contributed by atoms with Gasteiger partial charge in [-0.3, -0.25) is 9.59 Å². The van der Waals surface area contributed by atoms with Crippen molar-refractivity contribution in [3.8, 4) is 0 Å². The van der Waals surface area contributed by atoms with Crippen LogP contribution < -0.4 is 10.6 Å². The van der Waals surface area contributed by atoms with E-state index in [1.807, 2.05) is 13.0 Å². The van der Waals surface area contributed by atoms with E-state index in [9.17, 15) is 9.59 Å². The molecule has 0 aromatic heterocycles. The highest BCUT2D eigenvalue weighted by Gasteiger charge is 2.19. The zero-order valence-electron chi connectivity index (χ0n) is 9.57. The predicted molar refractivity (Wildman–Crippen MR) is 64.5 cm³/mol. The molecule has 0 saturated carbocycles. The molecule has 17 heavy (non-hydrogen) atoms. The molecule has 1 unspecified atom stereocenters. The van der Waals surface area contributed by atoms with Crippen LogP contribution >= 0.6 is 0 Å². The summed E-state index contributed by atoms with van der Waals surface area (Å²) in [5.41, 5.74) is 0.908. The molecule has 0 spiro atoms. The van der Waals surface area contributed by atoms with Gasteiger partial charge in [-0.05, 0) is 6.92 Å². The maximum atomic E-state index is 11.8. The van der Waals surface area contributed by atoms with Crippen LogP contribution in [0, 0.1) is 0 Å². The van der Waals surface area contributed by atoms with E-state index in [0.717, 1.165) is 0 Å². The van der Waals surface area contributed by atoms with Crippen molar-refractivity contribution in [2.45, 2.75) is 13.0 Å². The maximum Gasteiger partial charge on any atom is 0.267 e. The van der Waals surface area contributed by atoms with E-state index < -0.39 is 0 Å². The van der Waals surface area contributed by atoms with Crippen LogP contribution in [0.1, 0.15) is 17.3 Å². The molecule has 1 fully saturated rings. The molecule has 2 rings (SSSR count). The summed E-state index contributed by atoms with van der Waals surface area (Å²) < 4.78 is 0. The Morgan fingerprint density at radius 1 is 1.35 bits per heavy atom. The Balaban J connectivity index is 2.15. The molecule has 1 aliphatic heterocycles. The largest absolute Gasteiger partial charge is 0.378 e. The van der Waals surface area contributed by atoms with Crippen molar-refractivity contribution in [2.75, 3.05) is 6.54 Å². The number of hydrogen-bond acceptors (Lipinski definition) is 3. The van der Waals surface area contributed by atoms with Crippen molar-refractivity contribution >= 4 is 11.7 Å². The van der Waals surface area contributed by atoms with E-state index in [1.165, 1.54) is 6.08 Å². The van der Waals surface area contributed by atoms with Crippen molar-refractivity contribution in [2.24, 2.45) is 0 Å². The van der Waals surface area contributed by atoms with Crippen LogP contribution in [0.25, 0.3) is 0 Å². The van der Waals surface area contributed by atoms with Crippen LogP contribution in [0.5, 0.6) is 0 Å². The first-order valence-electron chi connectivity index (χ1n) is 5.52. The second kappa shape index (κ2) is 4.82. The van der Waals surface area contributed by atoms with Gasteiger partial charge in [-0.25, -0.2) is 0 Å². The number of amides is 1. The van der Waals surface area contributed by atoms with Crippen LogP contribution in [0.3, 0.4) is 0 Å². The van der Waals surface area contributed by atoms with Crippen LogP contribution in [-0.2, 0) is 4.79 Å². The molecule has 1 saturated heterocycles. The van der Waals surface area contributed by atoms with Gasteiger partial charge in [0.25, 0.3) is 5.91 Å². The fourth-order valence-electron chi connectivity index (χ4n) is 1.63. The average Bonchev–Trinajstić information content (AvgIpc) is 2.34. The Morgan fingerprint density at radius 3 is 2.71 bits per heavy atom. The molecule has 0 bridgehead atoms. The first-order valence-corrected chi connectivity index (χ1v) is 5.52. The van der Waals surface area contributed by atoms with E-state index in [2.05, 4.69) is 10.6 Å². The third kappa shape index (κ3) is 2.72. The minimum atomic E-state index is -0.229. The third-order valence-electron chi connectivity index (χ3n) is 2.55. The van der Waals surface area contributed by atoms with Gasteiger partial charge in [0.1, 0.15) is 5.70 Å². The smallest absolute Gasteiger partial charge is 0.267 e. The second-order valence-electron chi connectivity index (χ2n) is 4.04. The van der Waals surface area contributed by atoms with Crippen molar-refractivity contribution in [1.82, 2.24) is 10.6 Å². The lowest BCUT2D eigenvalue weighted by molar-refractivity contribution is -0.119. The van der Waals surface area contributed by atoms with E-state index in [1.54, 1.807) is 24.3 Å². The monoisotopic (exact) mass is 230 g/mol. The second-order valence-corrected chi connectivity index (χ2v) is 4.04. The fraction of sp³-hybridized carbons (Fsp3) is 0.231. The van der Waals surface area contributed by atoms with E-state index in [4.69, 9.17) is 0 Å². The van der Waals surface area contributed by atoms with E-state index in [-0.39, 0.29) is 17.7 Å². The van der Waals surface area contributed by atoms with Crippen molar-refractivity contribution in [1.29, 1.82) is 0 Å². The predicted octanol–water partition coefficient (Wildman–Crippen LogP) is 0.861. The van der Waals surface area contributed by atoms with Crippen molar-refractivity contribution in [3.63, 3.8) is 0 Å². The quantitative estimate of drug-likeness (QED) is 0.585. The molecule has 1 aromatic carbocycles. The number of allylic oxidation sites excluding steroid dienone is 1. The molecule has 4 nitrogen and oxygen atoms in total. The lowest BCUT2D eigenvalue weighted by Gasteiger charge is -2.23. The summed E-state index contributed by atoms with van der Waals surface area (Å²) in [5.74, 6) is -0.397.